The zero-order valence-corrected chi connectivity index (χ0v) is 12.7. The van der Waals surface area contributed by atoms with E-state index < -0.39 is 0 Å². The molecule has 5 heteroatoms. The van der Waals surface area contributed by atoms with Gasteiger partial charge in [-0.15, -0.1) is 11.3 Å². The van der Waals surface area contributed by atoms with Gasteiger partial charge in [-0.2, -0.15) is 9.36 Å². The Kier molecular flexibility index (Phi) is 4.08. The monoisotopic (exact) mass is 301 g/mol. The van der Waals surface area contributed by atoms with Crippen LogP contribution >= 0.6 is 22.9 Å². The van der Waals surface area contributed by atoms with Crippen molar-refractivity contribution in [2.75, 3.05) is 5.32 Å². The minimum absolute atomic E-state index is 0.312. The fourth-order valence-corrected chi connectivity index (χ4v) is 3.50. The maximum Gasteiger partial charge on any atom is 0.203 e. The molecule has 0 radical (unpaired) electrons. The van der Waals surface area contributed by atoms with E-state index in [9.17, 15) is 0 Å². The molecule has 0 bridgehead atoms. The van der Waals surface area contributed by atoms with Crippen LogP contribution in [0.4, 0.5) is 5.13 Å². The topological polar surface area (TPSA) is 37.8 Å². The van der Waals surface area contributed by atoms with Crippen molar-refractivity contribution in [3.8, 4) is 11.4 Å². The molecule has 102 valence electrons. The highest BCUT2D eigenvalue weighted by atomic mass is 32.1. The summed E-state index contributed by atoms with van der Waals surface area (Å²) in [6.07, 6.45) is 1.03. The van der Waals surface area contributed by atoms with Crippen molar-refractivity contribution in [2.24, 2.45) is 0 Å². The van der Waals surface area contributed by atoms with Gasteiger partial charge in [0, 0.05) is 22.0 Å². The second kappa shape index (κ2) is 6.15. The van der Waals surface area contributed by atoms with Gasteiger partial charge in [-0.3, -0.25) is 0 Å². The van der Waals surface area contributed by atoms with Gasteiger partial charge >= 0.3 is 0 Å². The van der Waals surface area contributed by atoms with Crippen LogP contribution in [-0.4, -0.2) is 9.36 Å². The zero-order valence-electron chi connectivity index (χ0n) is 11.1. The van der Waals surface area contributed by atoms with Gasteiger partial charge in [-0.25, -0.2) is 0 Å². The van der Waals surface area contributed by atoms with E-state index in [0.29, 0.717) is 6.04 Å². The van der Waals surface area contributed by atoms with Crippen molar-refractivity contribution < 1.29 is 0 Å². The largest absolute Gasteiger partial charge is 0.353 e. The predicted molar refractivity (Wildman–Crippen MR) is 86.3 cm³/mol. The highest BCUT2D eigenvalue weighted by molar-refractivity contribution is 7.10. The second-order valence-corrected chi connectivity index (χ2v) is 6.14. The van der Waals surface area contributed by atoms with Gasteiger partial charge in [0.15, 0.2) is 5.82 Å². The summed E-state index contributed by atoms with van der Waals surface area (Å²) < 4.78 is 4.43. The molecule has 1 unspecified atom stereocenters. The number of anilines is 1. The zero-order chi connectivity index (χ0) is 13.8. The van der Waals surface area contributed by atoms with E-state index in [1.807, 2.05) is 30.3 Å². The summed E-state index contributed by atoms with van der Waals surface area (Å²) >= 11 is 3.19. The molecule has 0 fully saturated rings. The Morgan fingerprint density at radius 3 is 2.70 bits per heavy atom. The van der Waals surface area contributed by atoms with Crippen molar-refractivity contribution in [2.45, 2.75) is 19.4 Å². The minimum Gasteiger partial charge on any atom is -0.353 e. The molecule has 0 aliphatic heterocycles. The Bertz CT molecular complexity index is 647. The predicted octanol–water partition coefficient (Wildman–Crippen LogP) is 4.83. The van der Waals surface area contributed by atoms with Crippen LogP contribution in [0.1, 0.15) is 24.3 Å². The molecular formula is C15H15N3S2. The molecular weight excluding hydrogens is 286 g/mol. The number of hydrogen-bond donors (Lipinski definition) is 1. The standard InChI is InChI=1S/C15H15N3S2/c1-2-12(13-9-6-10-19-13)16-15-17-14(18-20-15)11-7-4-3-5-8-11/h3-10,12H,2H2,1H3,(H,16,17,18). The lowest BCUT2D eigenvalue weighted by Gasteiger charge is -2.13. The number of nitrogens with zero attached hydrogens (tertiary/aromatic N) is 2. The summed E-state index contributed by atoms with van der Waals surface area (Å²) in [4.78, 5) is 5.92. The molecule has 3 rings (SSSR count). The first kappa shape index (κ1) is 13.3. The molecule has 0 amide bonds. The van der Waals surface area contributed by atoms with Gasteiger partial charge in [0.1, 0.15) is 0 Å². The Morgan fingerprint density at radius 1 is 1.15 bits per heavy atom. The smallest absolute Gasteiger partial charge is 0.203 e. The van der Waals surface area contributed by atoms with E-state index in [-0.39, 0.29) is 0 Å². The van der Waals surface area contributed by atoms with Crippen LogP contribution in [-0.2, 0) is 0 Å². The van der Waals surface area contributed by atoms with E-state index in [1.54, 1.807) is 11.3 Å². The lowest BCUT2D eigenvalue weighted by Crippen LogP contribution is -2.07. The number of aromatic nitrogens is 2. The lowest BCUT2D eigenvalue weighted by atomic mass is 10.2. The van der Waals surface area contributed by atoms with Crippen LogP contribution in [0.25, 0.3) is 11.4 Å². The first-order valence-electron chi connectivity index (χ1n) is 6.56. The first-order valence-corrected chi connectivity index (χ1v) is 8.21. The minimum atomic E-state index is 0.312. The SMILES string of the molecule is CCC(Nc1nc(-c2ccccc2)ns1)c1cccs1. The van der Waals surface area contributed by atoms with Crippen molar-refractivity contribution in [3.05, 3.63) is 52.7 Å². The van der Waals surface area contributed by atoms with Crippen molar-refractivity contribution >= 4 is 28.0 Å². The molecule has 0 aliphatic rings. The van der Waals surface area contributed by atoms with E-state index in [0.717, 1.165) is 22.9 Å². The van der Waals surface area contributed by atoms with Gasteiger partial charge in [0.2, 0.25) is 5.13 Å². The molecule has 1 N–H and O–H groups in total. The number of nitrogens with one attached hydrogen (secondary N) is 1. The third-order valence-electron chi connectivity index (χ3n) is 3.05. The maximum absolute atomic E-state index is 4.58. The Labute approximate surface area is 126 Å². The van der Waals surface area contributed by atoms with Gasteiger partial charge in [0.25, 0.3) is 0 Å². The molecule has 3 nitrogen and oxygen atoms in total. The highest BCUT2D eigenvalue weighted by Crippen LogP contribution is 2.28. The molecule has 0 aliphatic carbocycles. The fraction of sp³-hybridized carbons (Fsp3) is 0.200. The molecule has 0 spiro atoms. The maximum atomic E-state index is 4.58. The van der Waals surface area contributed by atoms with Crippen LogP contribution in [0.2, 0.25) is 0 Å². The number of hydrogen-bond acceptors (Lipinski definition) is 5. The van der Waals surface area contributed by atoms with Gasteiger partial charge in [-0.1, -0.05) is 43.3 Å². The third-order valence-corrected chi connectivity index (χ3v) is 4.68. The molecule has 2 heterocycles. The molecule has 0 saturated heterocycles. The molecule has 1 aromatic carbocycles. The summed E-state index contributed by atoms with van der Waals surface area (Å²) in [6, 6.07) is 14.6. The summed E-state index contributed by atoms with van der Waals surface area (Å²) in [5, 5.41) is 6.46. The fourth-order valence-electron chi connectivity index (χ4n) is 2.00. The van der Waals surface area contributed by atoms with Gasteiger partial charge < -0.3 is 5.32 Å². The Hall–Kier alpha value is -1.72. The Morgan fingerprint density at radius 2 is 2.00 bits per heavy atom. The van der Waals surface area contributed by atoms with Crippen LogP contribution in [0.15, 0.2) is 47.8 Å². The summed E-state index contributed by atoms with van der Waals surface area (Å²) in [5.74, 6) is 0.791. The van der Waals surface area contributed by atoms with Crippen molar-refractivity contribution in [1.29, 1.82) is 0 Å². The first-order chi connectivity index (χ1) is 9.86. The lowest BCUT2D eigenvalue weighted by molar-refractivity contribution is 0.763. The second-order valence-electron chi connectivity index (χ2n) is 4.41. The molecule has 3 aromatic rings. The number of benzene rings is 1. The highest BCUT2D eigenvalue weighted by Gasteiger charge is 2.13. The third kappa shape index (κ3) is 2.89. The van der Waals surface area contributed by atoms with Gasteiger partial charge in [-0.05, 0) is 17.9 Å². The molecule has 20 heavy (non-hydrogen) atoms. The average Bonchev–Trinajstić information content (AvgIpc) is 3.17. The summed E-state index contributed by atoms with van der Waals surface area (Å²) in [6.45, 7) is 2.18. The van der Waals surface area contributed by atoms with Gasteiger partial charge in [0.05, 0.1) is 6.04 Å². The number of rotatable bonds is 5. The van der Waals surface area contributed by atoms with E-state index >= 15 is 0 Å². The molecule has 2 aromatic heterocycles. The molecule has 0 saturated carbocycles. The average molecular weight is 301 g/mol. The van der Waals surface area contributed by atoms with Crippen molar-refractivity contribution in [1.82, 2.24) is 9.36 Å². The quantitative estimate of drug-likeness (QED) is 0.733. The van der Waals surface area contributed by atoms with Crippen LogP contribution in [0, 0.1) is 0 Å². The molecule has 1 atom stereocenters. The summed E-state index contributed by atoms with van der Waals surface area (Å²) in [7, 11) is 0. The summed E-state index contributed by atoms with van der Waals surface area (Å²) in [5.41, 5.74) is 1.06. The van der Waals surface area contributed by atoms with E-state index in [4.69, 9.17) is 0 Å². The van der Waals surface area contributed by atoms with Crippen molar-refractivity contribution in [3.63, 3.8) is 0 Å². The van der Waals surface area contributed by atoms with Crippen LogP contribution < -0.4 is 5.32 Å². The Balaban J connectivity index is 1.77. The van der Waals surface area contributed by atoms with Crippen LogP contribution in [0.3, 0.4) is 0 Å². The normalized spacial score (nSPS) is 12.2. The van der Waals surface area contributed by atoms with E-state index in [1.165, 1.54) is 16.4 Å². The van der Waals surface area contributed by atoms with E-state index in [2.05, 4.69) is 39.1 Å². The number of thiophene rings is 1. The van der Waals surface area contributed by atoms with Crippen LogP contribution in [0.5, 0.6) is 0 Å².